The van der Waals surface area contributed by atoms with E-state index in [9.17, 15) is 28.3 Å². The van der Waals surface area contributed by atoms with Crippen LogP contribution in [0.2, 0.25) is 5.02 Å². The Kier molecular flexibility index (Phi) is 10.6. The van der Waals surface area contributed by atoms with E-state index < -0.39 is 39.3 Å². The minimum Gasteiger partial charge on any atom is -0.503 e. The second kappa shape index (κ2) is 13.1. The summed E-state index contributed by atoms with van der Waals surface area (Å²) in [6.45, 7) is 2.24. The van der Waals surface area contributed by atoms with E-state index in [1.165, 1.54) is 10.8 Å². The first kappa shape index (κ1) is 27.4. The lowest BCUT2D eigenvalue weighted by Gasteiger charge is -2.19. The van der Waals surface area contributed by atoms with E-state index in [2.05, 4.69) is 10.6 Å². The lowest BCUT2D eigenvalue weighted by Crippen LogP contribution is -2.32. The topological polar surface area (TPSA) is 113 Å². The summed E-state index contributed by atoms with van der Waals surface area (Å²) in [5.41, 5.74) is -1.81. The van der Waals surface area contributed by atoms with E-state index in [0.717, 1.165) is 31.6 Å². The third kappa shape index (κ3) is 7.07. The van der Waals surface area contributed by atoms with Gasteiger partial charge in [-0.1, -0.05) is 17.7 Å². The van der Waals surface area contributed by atoms with Gasteiger partial charge in [-0.05, 0) is 32.6 Å². The molecule has 2 rings (SSSR count). The van der Waals surface area contributed by atoms with Crippen molar-refractivity contribution in [1.82, 2.24) is 20.1 Å². The number of carbonyl (C=O) groups excluding carboxylic acids is 2. The van der Waals surface area contributed by atoms with Crippen LogP contribution in [0.4, 0.5) is 8.78 Å². The van der Waals surface area contributed by atoms with Gasteiger partial charge in [-0.3, -0.25) is 19.7 Å². The lowest BCUT2D eigenvalue weighted by atomic mass is 10.1. The van der Waals surface area contributed by atoms with Gasteiger partial charge in [-0.2, -0.15) is 0 Å². The maximum Gasteiger partial charge on any atom is 0.257 e. The highest BCUT2D eigenvalue weighted by atomic mass is 35.5. The molecule has 1 amide bonds. The minimum absolute atomic E-state index is 0.0876. The molecule has 0 fully saturated rings. The number of pyridine rings is 1. The second-order valence-electron chi connectivity index (χ2n) is 7.52. The fourth-order valence-corrected chi connectivity index (χ4v) is 3.33. The molecule has 0 aliphatic carbocycles. The van der Waals surface area contributed by atoms with Crippen LogP contribution in [0.3, 0.4) is 0 Å². The molecule has 0 unspecified atom stereocenters. The molecule has 0 aliphatic rings. The van der Waals surface area contributed by atoms with Gasteiger partial charge in [-0.15, -0.1) is 0 Å². The van der Waals surface area contributed by atoms with Gasteiger partial charge in [0.1, 0.15) is 27.9 Å². The molecule has 0 radical (unpaired) electrons. The van der Waals surface area contributed by atoms with Gasteiger partial charge in [0.15, 0.2) is 12.0 Å². The van der Waals surface area contributed by atoms with E-state index in [-0.39, 0.29) is 24.3 Å². The van der Waals surface area contributed by atoms with Crippen molar-refractivity contribution in [3.05, 3.63) is 62.0 Å². The number of benzene rings is 1. The van der Waals surface area contributed by atoms with Crippen LogP contribution >= 0.6 is 11.6 Å². The van der Waals surface area contributed by atoms with Crippen molar-refractivity contribution >= 4 is 23.8 Å². The van der Waals surface area contributed by atoms with Crippen molar-refractivity contribution in [1.29, 1.82) is 0 Å². The average Bonchev–Trinajstić information content (AvgIpc) is 2.82. The zero-order valence-corrected chi connectivity index (χ0v) is 19.6. The smallest absolute Gasteiger partial charge is 0.257 e. The second-order valence-corrected chi connectivity index (χ2v) is 7.90. The van der Waals surface area contributed by atoms with E-state index in [1.807, 2.05) is 11.9 Å². The van der Waals surface area contributed by atoms with E-state index in [4.69, 9.17) is 16.3 Å². The van der Waals surface area contributed by atoms with Crippen LogP contribution in [-0.2, 0) is 17.8 Å². The van der Waals surface area contributed by atoms with E-state index >= 15 is 0 Å². The highest BCUT2D eigenvalue weighted by Crippen LogP contribution is 2.22. The number of amides is 1. The van der Waals surface area contributed by atoms with Gasteiger partial charge in [0.2, 0.25) is 5.43 Å². The number of aromatic nitrogens is 1. The van der Waals surface area contributed by atoms with Crippen LogP contribution < -0.4 is 16.1 Å². The maximum atomic E-state index is 14.1. The number of aldehydes is 1. The number of ether oxygens (including phenoxy) is 1. The molecule has 1 aromatic heterocycles. The molecule has 12 heteroatoms. The summed E-state index contributed by atoms with van der Waals surface area (Å²) in [5, 5.41) is 14.9. The fraction of sp³-hybridized carbons (Fsp3) is 0.409. The molecule has 2 aromatic rings. The largest absolute Gasteiger partial charge is 0.503 e. The summed E-state index contributed by atoms with van der Waals surface area (Å²) in [4.78, 5) is 38.5. The average molecular weight is 501 g/mol. The Morgan fingerprint density at radius 2 is 2.06 bits per heavy atom. The normalized spacial score (nSPS) is 11.1. The summed E-state index contributed by atoms with van der Waals surface area (Å²) >= 11 is 5.53. The zero-order chi connectivity index (χ0) is 25.3. The number of carbonyl (C=O) groups is 2. The van der Waals surface area contributed by atoms with Gasteiger partial charge in [0, 0.05) is 38.5 Å². The number of rotatable bonds is 13. The summed E-state index contributed by atoms with van der Waals surface area (Å²) in [5.74, 6) is -3.73. The number of hydrogen-bond donors (Lipinski definition) is 3. The molecule has 3 N–H and O–H groups in total. The standard InChI is InChI=1S/C22H27ClF2N4O5/c1-28(7-3-6-26-13-34-2)8-9-29-11-15(20(31)21(32)17(29)12-30)22(33)27-10-14-4-5-16(24)18(23)19(14)25/h4-5,11-12,26,32H,3,6-10,13H2,1-2H3,(H,27,33). The molecule has 9 nitrogen and oxygen atoms in total. The predicted molar refractivity (Wildman–Crippen MR) is 122 cm³/mol. The molecule has 0 saturated heterocycles. The zero-order valence-electron chi connectivity index (χ0n) is 18.9. The number of halogens is 3. The predicted octanol–water partition coefficient (Wildman–Crippen LogP) is 1.74. The Morgan fingerprint density at radius 3 is 2.74 bits per heavy atom. The van der Waals surface area contributed by atoms with Crippen LogP contribution in [0, 0.1) is 11.6 Å². The van der Waals surface area contributed by atoms with Crippen LogP contribution in [-0.4, -0.2) is 67.3 Å². The van der Waals surface area contributed by atoms with Crippen molar-refractivity contribution in [3.8, 4) is 5.75 Å². The molecule has 0 bridgehead atoms. The Labute approximate surface area is 200 Å². The van der Waals surface area contributed by atoms with E-state index in [1.54, 1.807) is 7.11 Å². The van der Waals surface area contributed by atoms with Gasteiger partial charge in [-0.25, -0.2) is 8.78 Å². The van der Waals surface area contributed by atoms with E-state index in [0.29, 0.717) is 19.6 Å². The van der Waals surface area contributed by atoms with Crippen LogP contribution in [0.1, 0.15) is 32.8 Å². The Bertz CT molecular complexity index is 1080. The Morgan fingerprint density at radius 1 is 1.32 bits per heavy atom. The molecule has 0 atom stereocenters. The summed E-state index contributed by atoms with van der Waals surface area (Å²) in [6, 6.07) is 2.07. The van der Waals surface area contributed by atoms with Crippen LogP contribution in [0.25, 0.3) is 0 Å². The molecule has 1 aromatic carbocycles. The van der Waals surface area contributed by atoms with Gasteiger partial charge < -0.3 is 24.6 Å². The molecule has 0 aliphatic heterocycles. The number of nitrogens with one attached hydrogen (secondary N) is 2. The number of aromatic hydroxyl groups is 1. The van der Waals surface area contributed by atoms with Crippen molar-refractivity contribution in [2.45, 2.75) is 19.5 Å². The van der Waals surface area contributed by atoms with Crippen molar-refractivity contribution in [3.63, 3.8) is 0 Å². The first-order chi connectivity index (χ1) is 16.2. The highest BCUT2D eigenvalue weighted by molar-refractivity contribution is 6.30. The summed E-state index contributed by atoms with van der Waals surface area (Å²) < 4.78 is 33.6. The monoisotopic (exact) mass is 500 g/mol. The van der Waals surface area contributed by atoms with Crippen LogP contribution in [0.5, 0.6) is 5.75 Å². The lowest BCUT2D eigenvalue weighted by molar-refractivity contribution is 0.0946. The first-order valence-corrected chi connectivity index (χ1v) is 10.8. The first-order valence-electron chi connectivity index (χ1n) is 10.4. The van der Waals surface area contributed by atoms with Crippen molar-refractivity contribution in [2.24, 2.45) is 0 Å². The number of likely N-dealkylation sites (N-methyl/N-ethyl adjacent to an activating group) is 1. The number of hydrogen-bond acceptors (Lipinski definition) is 7. The summed E-state index contributed by atoms with van der Waals surface area (Å²) in [6.07, 6.45) is 2.35. The third-order valence-electron chi connectivity index (χ3n) is 5.07. The Hall–Kier alpha value is -2.86. The molecule has 0 saturated carbocycles. The quantitative estimate of drug-likeness (QED) is 0.166. The molecular formula is C22H27ClF2N4O5. The van der Waals surface area contributed by atoms with Crippen LogP contribution in [0.15, 0.2) is 23.1 Å². The number of methoxy groups -OCH3 is 1. The molecule has 0 spiro atoms. The SMILES string of the molecule is COCNCCCN(C)CCn1cc(C(=O)NCc2ccc(F)c(Cl)c2F)c(=O)c(O)c1C=O. The highest BCUT2D eigenvalue weighted by Gasteiger charge is 2.20. The number of nitrogens with zero attached hydrogens (tertiary/aromatic N) is 2. The fourth-order valence-electron chi connectivity index (χ4n) is 3.15. The third-order valence-corrected chi connectivity index (χ3v) is 5.42. The molecule has 186 valence electrons. The molecule has 1 heterocycles. The Balaban J connectivity index is 2.11. The van der Waals surface area contributed by atoms with Crippen molar-refractivity contribution in [2.75, 3.05) is 40.5 Å². The molecular weight excluding hydrogens is 474 g/mol. The van der Waals surface area contributed by atoms with Gasteiger partial charge in [0.25, 0.3) is 5.91 Å². The van der Waals surface area contributed by atoms with Gasteiger partial charge >= 0.3 is 0 Å². The summed E-state index contributed by atoms with van der Waals surface area (Å²) in [7, 11) is 3.46. The maximum absolute atomic E-state index is 14.1. The van der Waals surface area contributed by atoms with Gasteiger partial charge in [0.05, 0.1) is 6.73 Å². The van der Waals surface area contributed by atoms with Crippen molar-refractivity contribution < 1.29 is 28.2 Å². The minimum atomic E-state index is -1.04. The molecule has 34 heavy (non-hydrogen) atoms.